The van der Waals surface area contributed by atoms with Crippen LogP contribution in [0.1, 0.15) is 5.56 Å². The fourth-order valence-electron chi connectivity index (χ4n) is 4.18. The second kappa shape index (κ2) is 9.24. The third-order valence-corrected chi connectivity index (χ3v) is 6.93. The molecule has 0 radical (unpaired) electrons. The van der Waals surface area contributed by atoms with E-state index in [9.17, 15) is 4.79 Å². The average molecular weight is 481 g/mol. The summed E-state index contributed by atoms with van der Waals surface area (Å²) in [6, 6.07) is 7.85. The number of benzene rings is 1. The predicted octanol–water partition coefficient (Wildman–Crippen LogP) is 1.83. The second-order valence-electron chi connectivity index (χ2n) is 8.20. The molecule has 1 saturated heterocycles. The zero-order valence-electron chi connectivity index (χ0n) is 18.6. The Kier molecular flexibility index (Phi) is 5.81. The van der Waals surface area contributed by atoms with Crippen molar-refractivity contribution in [1.82, 2.24) is 29.0 Å². The number of thioether (sulfide) groups is 1. The Morgan fingerprint density at radius 2 is 1.85 bits per heavy atom. The maximum Gasteiger partial charge on any atom is 0.261 e. The van der Waals surface area contributed by atoms with Gasteiger partial charge in [-0.05, 0) is 23.8 Å². The molecule has 0 atom stereocenters. The first kappa shape index (κ1) is 21.4. The standard InChI is InChI=1S/C23H24N6O4S/c30-21-17-14-24-22-25-23(34-15-16-1-2-19-20(13-16)33-12-11-32-19)26-29(22)18(17)3-4-28(21)6-5-27-7-9-31-10-8-27/h1-4,13-14H,5-12,15H2. The smallest absolute Gasteiger partial charge is 0.261 e. The Bertz CT molecular complexity index is 1400. The summed E-state index contributed by atoms with van der Waals surface area (Å²) in [4.78, 5) is 24.3. The lowest BCUT2D eigenvalue weighted by molar-refractivity contribution is 0.0363. The fraction of sp³-hybridized carbons (Fsp3) is 0.391. The van der Waals surface area contributed by atoms with Gasteiger partial charge in [0.1, 0.15) is 13.2 Å². The van der Waals surface area contributed by atoms with Crippen LogP contribution in [0.4, 0.5) is 0 Å². The molecule has 10 nitrogen and oxygen atoms in total. The van der Waals surface area contributed by atoms with Gasteiger partial charge < -0.3 is 18.8 Å². The zero-order chi connectivity index (χ0) is 22.9. The second-order valence-corrected chi connectivity index (χ2v) is 9.14. The third-order valence-electron chi connectivity index (χ3n) is 6.02. The first-order valence-electron chi connectivity index (χ1n) is 11.3. The number of hydrogen-bond acceptors (Lipinski definition) is 9. The Balaban J connectivity index is 1.21. The number of ether oxygens (including phenoxy) is 3. The van der Waals surface area contributed by atoms with Crippen molar-refractivity contribution in [2.24, 2.45) is 0 Å². The van der Waals surface area contributed by atoms with E-state index in [-0.39, 0.29) is 5.56 Å². The number of aromatic nitrogens is 5. The molecule has 0 N–H and O–H groups in total. The first-order valence-corrected chi connectivity index (χ1v) is 12.3. The summed E-state index contributed by atoms with van der Waals surface area (Å²) in [6.07, 6.45) is 3.43. The molecule has 0 aliphatic carbocycles. The van der Waals surface area contributed by atoms with Crippen LogP contribution in [0.5, 0.6) is 11.5 Å². The van der Waals surface area contributed by atoms with Gasteiger partial charge in [-0.15, -0.1) is 5.10 Å². The van der Waals surface area contributed by atoms with Crippen LogP contribution in [0, 0.1) is 0 Å². The van der Waals surface area contributed by atoms with Crippen molar-refractivity contribution in [2.45, 2.75) is 17.5 Å². The molecule has 6 rings (SSSR count). The summed E-state index contributed by atoms with van der Waals surface area (Å²) in [7, 11) is 0. The largest absolute Gasteiger partial charge is 0.486 e. The normalized spacial score (nSPS) is 16.4. The van der Waals surface area contributed by atoms with Crippen molar-refractivity contribution in [2.75, 3.05) is 46.1 Å². The average Bonchev–Trinajstić information content (AvgIpc) is 3.31. The molecular formula is C23H24N6O4S. The topological polar surface area (TPSA) is 96.0 Å². The zero-order valence-corrected chi connectivity index (χ0v) is 19.4. The fourth-order valence-corrected chi connectivity index (χ4v) is 4.94. The number of fused-ring (bicyclic) bond motifs is 4. The quantitative estimate of drug-likeness (QED) is 0.383. The highest BCUT2D eigenvalue weighted by molar-refractivity contribution is 7.98. The van der Waals surface area contributed by atoms with Crippen LogP contribution >= 0.6 is 11.8 Å². The number of nitrogens with zero attached hydrogens (tertiary/aromatic N) is 6. The van der Waals surface area contributed by atoms with E-state index in [1.807, 2.05) is 30.5 Å². The Hall–Kier alpha value is -3.15. The molecule has 3 aromatic heterocycles. The van der Waals surface area contributed by atoms with Crippen molar-refractivity contribution in [1.29, 1.82) is 0 Å². The molecule has 0 bridgehead atoms. The number of morpholine rings is 1. The van der Waals surface area contributed by atoms with Gasteiger partial charge in [-0.25, -0.2) is 4.98 Å². The molecule has 5 heterocycles. The van der Waals surface area contributed by atoms with Gasteiger partial charge in [-0.3, -0.25) is 9.69 Å². The van der Waals surface area contributed by atoms with Crippen LogP contribution < -0.4 is 15.0 Å². The SMILES string of the molecule is O=c1c2cnc3nc(SCc4ccc5c(c4)OCCO5)nn3c2ccn1CCN1CCOCC1. The van der Waals surface area contributed by atoms with Gasteiger partial charge in [-0.1, -0.05) is 17.8 Å². The van der Waals surface area contributed by atoms with Crippen LogP contribution in [-0.2, 0) is 17.0 Å². The van der Waals surface area contributed by atoms with E-state index in [2.05, 4.69) is 20.0 Å². The van der Waals surface area contributed by atoms with E-state index < -0.39 is 0 Å². The van der Waals surface area contributed by atoms with Crippen LogP contribution in [-0.4, -0.2) is 75.1 Å². The molecule has 176 valence electrons. The predicted molar refractivity (Wildman–Crippen MR) is 127 cm³/mol. The molecule has 2 aliphatic heterocycles. The van der Waals surface area contributed by atoms with Crippen molar-refractivity contribution in [3.05, 3.63) is 52.6 Å². The summed E-state index contributed by atoms with van der Waals surface area (Å²) >= 11 is 1.51. The van der Waals surface area contributed by atoms with Crippen LogP contribution in [0.3, 0.4) is 0 Å². The molecule has 1 aromatic carbocycles. The highest BCUT2D eigenvalue weighted by atomic mass is 32.2. The molecule has 4 aromatic rings. The summed E-state index contributed by atoms with van der Waals surface area (Å²) in [5.74, 6) is 2.70. The maximum absolute atomic E-state index is 13.1. The van der Waals surface area contributed by atoms with E-state index >= 15 is 0 Å². The molecule has 0 spiro atoms. The Labute approximate surface area is 199 Å². The van der Waals surface area contributed by atoms with Crippen molar-refractivity contribution in [3.8, 4) is 11.5 Å². The Morgan fingerprint density at radius 3 is 2.74 bits per heavy atom. The van der Waals surface area contributed by atoms with Gasteiger partial charge in [0.15, 0.2) is 11.5 Å². The minimum absolute atomic E-state index is 0.0684. The van der Waals surface area contributed by atoms with Crippen LogP contribution in [0.25, 0.3) is 16.7 Å². The highest BCUT2D eigenvalue weighted by Crippen LogP contribution is 2.32. The highest BCUT2D eigenvalue weighted by Gasteiger charge is 2.15. The maximum atomic E-state index is 13.1. The summed E-state index contributed by atoms with van der Waals surface area (Å²) < 4.78 is 20.0. The summed E-state index contributed by atoms with van der Waals surface area (Å²) in [6.45, 7) is 5.87. The van der Waals surface area contributed by atoms with Gasteiger partial charge >= 0.3 is 0 Å². The summed E-state index contributed by atoms with van der Waals surface area (Å²) in [5.41, 5.74) is 1.73. The van der Waals surface area contributed by atoms with E-state index in [0.29, 0.717) is 47.3 Å². The van der Waals surface area contributed by atoms with Crippen molar-refractivity contribution < 1.29 is 14.2 Å². The molecule has 11 heteroatoms. The molecule has 2 aliphatic rings. The molecule has 0 unspecified atom stereocenters. The number of pyridine rings is 1. The number of hydrogen-bond donors (Lipinski definition) is 0. The molecule has 1 fully saturated rings. The van der Waals surface area contributed by atoms with Gasteiger partial charge in [0, 0.05) is 44.3 Å². The molecule has 0 amide bonds. The van der Waals surface area contributed by atoms with Crippen molar-refractivity contribution in [3.63, 3.8) is 0 Å². The lowest BCUT2D eigenvalue weighted by atomic mass is 10.2. The number of rotatable bonds is 6. The Morgan fingerprint density at radius 1 is 1.00 bits per heavy atom. The minimum Gasteiger partial charge on any atom is -0.486 e. The van der Waals surface area contributed by atoms with Gasteiger partial charge in [0.05, 0.1) is 24.1 Å². The first-order chi connectivity index (χ1) is 16.7. The third kappa shape index (κ3) is 4.22. The van der Waals surface area contributed by atoms with E-state index in [1.54, 1.807) is 15.3 Å². The molecule has 34 heavy (non-hydrogen) atoms. The lowest BCUT2D eigenvalue weighted by Gasteiger charge is -2.26. The van der Waals surface area contributed by atoms with Gasteiger partial charge in [0.25, 0.3) is 11.3 Å². The van der Waals surface area contributed by atoms with E-state index in [1.165, 1.54) is 11.8 Å². The van der Waals surface area contributed by atoms with E-state index in [0.717, 1.165) is 49.9 Å². The molecule has 0 saturated carbocycles. The summed E-state index contributed by atoms with van der Waals surface area (Å²) in [5, 5.41) is 5.75. The van der Waals surface area contributed by atoms with Crippen LogP contribution in [0.2, 0.25) is 0 Å². The monoisotopic (exact) mass is 480 g/mol. The lowest BCUT2D eigenvalue weighted by Crippen LogP contribution is -2.39. The van der Waals surface area contributed by atoms with Gasteiger partial charge in [-0.2, -0.15) is 9.50 Å². The van der Waals surface area contributed by atoms with E-state index in [4.69, 9.17) is 14.2 Å². The molecular weight excluding hydrogens is 456 g/mol. The van der Waals surface area contributed by atoms with Crippen molar-refractivity contribution >= 4 is 28.4 Å². The minimum atomic E-state index is -0.0684. The van der Waals surface area contributed by atoms with Crippen LogP contribution in [0.15, 0.2) is 46.6 Å². The van der Waals surface area contributed by atoms with Gasteiger partial charge in [0.2, 0.25) is 5.16 Å².